The molecule has 0 saturated carbocycles. The van der Waals surface area contributed by atoms with E-state index in [0.29, 0.717) is 0 Å². The quantitative estimate of drug-likeness (QED) is 0.360. The Bertz CT molecular complexity index is 1140. The molecule has 0 N–H and O–H groups in total. The molecule has 0 unspecified atom stereocenters. The van der Waals surface area contributed by atoms with Crippen molar-refractivity contribution in [3.8, 4) is 0 Å². The first kappa shape index (κ1) is 20.4. The highest BCUT2D eigenvalue weighted by molar-refractivity contribution is 5.80. The number of aromatic nitrogens is 2. The van der Waals surface area contributed by atoms with Gasteiger partial charge in [0.25, 0.3) is 0 Å². The molecule has 4 heteroatoms. The van der Waals surface area contributed by atoms with Crippen molar-refractivity contribution in [1.29, 1.82) is 0 Å². The van der Waals surface area contributed by atoms with E-state index in [1.807, 2.05) is 74.5 Å². The molecule has 0 atom stereocenters. The summed E-state index contributed by atoms with van der Waals surface area (Å²) in [4.78, 5) is 18.1. The fourth-order valence-electron chi connectivity index (χ4n) is 3.28. The van der Waals surface area contributed by atoms with E-state index in [-0.39, 0.29) is 0 Å². The number of aliphatic imine (C=N–C) groups is 2. The van der Waals surface area contributed by atoms with E-state index in [2.05, 4.69) is 44.2 Å². The Labute approximate surface area is 183 Å². The summed E-state index contributed by atoms with van der Waals surface area (Å²) in [6.07, 6.45) is 4.43. The molecule has 4 aromatic rings. The maximum Gasteiger partial charge on any atom is 0.0815 e. The number of aryl methyl sites for hydroxylation is 2. The third kappa shape index (κ3) is 6.03. The molecule has 152 valence electrons. The lowest BCUT2D eigenvalue weighted by molar-refractivity contribution is 1.18. The molecule has 2 aromatic heterocycles. The number of pyridine rings is 2. The highest BCUT2D eigenvalue weighted by Crippen LogP contribution is 2.20. The summed E-state index contributed by atoms with van der Waals surface area (Å²) in [6.45, 7) is 3.96. The van der Waals surface area contributed by atoms with Crippen molar-refractivity contribution < 1.29 is 0 Å². The van der Waals surface area contributed by atoms with Gasteiger partial charge in [-0.2, -0.15) is 0 Å². The largest absolute Gasteiger partial charge is 0.255 e. The third-order valence-corrected chi connectivity index (χ3v) is 4.74. The summed E-state index contributed by atoms with van der Waals surface area (Å²) >= 11 is 0. The molecule has 0 amide bonds. The lowest BCUT2D eigenvalue weighted by Gasteiger charge is -2.04. The van der Waals surface area contributed by atoms with Gasteiger partial charge in [-0.25, -0.2) is 0 Å². The SMILES string of the molecule is Cc1cccc(C=Nc2cccc(Cc3cccc(N=Cc4cccc(C)n4)c3)c2)n1. The predicted molar refractivity (Wildman–Crippen MR) is 128 cm³/mol. The summed E-state index contributed by atoms with van der Waals surface area (Å²) in [5.74, 6) is 0. The van der Waals surface area contributed by atoms with Crippen LogP contribution in [-0.2, 0) is 6.42 Å². The summed E-state index contributed by atoms with van der Waals surface area (Å²) in [6, 6.07) is 28.4. The van der Waals surface area contributed by atoms with Gasteiger partial charge in [-0.05, 0) is 79.9 Å². The summed E-state index contributed by atoms with van der Waals surface area (Å²) in [5, 5.41) is 0. The van der Waals surface area contributed by atoms with Crippen LogP contribution in [0.1, 0.15) is 33.9 Å². The van der Waals surface area contributed by atoms with E-state index in [9.17, 15) is 0 Å². The van der Waals surface area contributed by atoms with Gasteiger partial charge < -0.3 is 0 Å². The van der Waals surface area contributed by atoms with Crippen LogP contribution in [0, 0.1) is 13.8 Å². The van der Waals surface area contributed by atoms with Gasteiger partial charge in [0.1, 0.15) is 0 Å². The Morgan fingerprint density at radius 2 is 1.06 bits per heavy atom. The standard InChI is InChI=1S/C27H24N4/c1-20-7-3-13-26(30-20)18-28-24-11-5-9-22(16-24)15-23-10-6-12-25(17-23)29-19-27-14-4-8-21(2)31-27/h3-14,16-19H,15H2,1-2H3. The lowest BCUT2D eigenvalue weighted by atomic mass is 10.0. The molecule has 0 aliphatic heterocycles. The van der Waals surface area contributed by atoms with Crippen LogP contribution in [0.4, 0.5) is 11.4 Å². The highest BCUT2D eigenvalue weighted by Gasteiger charge is 2.00. The highest BCUT2D eigenvalue weighted by atomic mass is 14.8. The van der Waals surface area contributed by atoms with Crippen molar-refractivity contribution in [2.24, 2.45) is 9.98 Å². The van der Waals surface area contributed by atoms with E-state index >= 15 is 0 Å². The number of hydrogen-bond acceptors (Lipinski definition) is 4. The van der Waals surface area contributed by atoms with Crippen LogP contribution in [0.15, 0.2) is 94.9 Å². The molecule has 0 fully saturated rings. The van der Waals surface area contributed by atoms with Crippen molar-refractivity contribution in [3.63, 3.8) is 0 Å². The Morgan fingerprint density at radius 3 is 1.52 bits per heavy atom. The summed E-state index contributed by atoms with van der Waals surface area (Å²) < 4.78 is 0. The van der Waals surface area contributed by atoms with Crippen LogP contribution in [0.5, 0.6) is 0 Å². The third-order valence-electron chi connectivity index (χ3n) is 4.74. The van der Waals surface area contributed by atoms with Crippen LogP contribution in [0.3, 0.4) is 0 Å². The van der Waals surface area contributed by atoms with E-state index in [1.165, 1.54) is 11.1 Å². The molecule has 0 spiro atoms. The maximum atomic E-state index is 4.59. The zero-order valence-corrected chi connectivity index (χ0v) is 17.7. The lowest BCUT2D eigenvalue weighted by Crippen LogP contribution is -1.90. The normalized spacial score (nSPS) is 11.4. The summed E-state index contributed by atoms with van der Waals surface area (Å²) in [5.41, 5.74) is 7.93. The smallest absolute Gasteiger partial charge is 0.0815 e. The van der Waals surface area contributed by atoms with Gasteiger partial charge in [-0.15, -0.1) is 0 Å². The minimum atomic E-state index is 0.818. The Balaban J connectivity index is 1.47. The molecule has 2 aromatic carbocycles. The number of hydrogen-bond donors (Lipinski definition) is 0. The van der Waals surface area contributed by atoms with Gasteiger partial charge in [0.05, 0.1) is 35.2 Å². The molecular formula is C27H24N4. The van der Waals surface area contributed by atoms with Gasteiger partial charge in [-0.1, -0.05) is 36.4 Å². The average Bonchev–Trinajstić information content (AvgIpc) is 2.77. The predicted octanol–water partition coefficient (Wildman–Crippen LogP) is 6.19. The van der Waals surface area contributed by atoms with Gasteiger partial charge in [-0.3, -0.25) is 20.0 Å². The van der Waals surface area contributed by atoms with Gasteiger partial charge >= 0.3 is 0 Å². The van der Waals surface area contributed by atoms with Crippen molar-refractivity contribution in [2.45, 2.75) is 20.3 Å². The van der Waals surface area contributed by atoms with E-state index in [0.717, 1.165) is 40.6 Å². The second-order valence-corrected chi connectivity index (χ2v) is 7.44. The maximum absolute atomic E-state index is 4.59. The van der Waals surface area contributed by atoms with Crippen LogP contribution in [0.25, 0.3) is 0 Å². The Hall–Kier alpha value is -3.92. The fraction of sp³-hybridized carbons (Fsp3) is 0.111. The summed E-state index contributed by atoms with van der Waals surface area (Å²) in [7, 11) is 0. The molecule has 0 aliphatic carbocycles. The molecule has 0 radical (unpaired) electrons. The first-order valence-corrected chi connectivity index (χ1v) is 10.3. The molecule has 4 nitrogen and oxygen atoms in total. The van der Waals surface area contributed by atoms with E-state index < -0.39 is 0 Å². The average molecular weight is 405 g/mol. The number of nitrogens with zero attached hydrogens (tertiary/aromatic N) is 4. The van der Waals surface area contributed by atoms with Crippen LogP contribution >= 0.6 is 0 Å². The van der Waals surface area contributed by atoms with Crippen molar-refractivity contribution >= 4 is 23.8 Å². The number of benzene rings is 2. The topological polar surface area (TPSA) is 50.5 Å². The zero-order chi connectivity index (χ0) is 21.5. The molecule has 31 heavy (non-hydrogen) atoms. The molecule has 4 rings (SSSR count). The molecule has 2 heterocycles. The van der Waals surface area contributed by atoms with Gasteiger partial charge in [0.15, 0.2) is 0 Å². The second-order valence-electron chi connectivity index (χ2n) is 7.44. The molecule has 0 bridgehead atoms. The Kier molecular flexibility index (Phi) is 6.38. The van der Waals surface area contributed by atoms with E-state index in [4.69, 9.17) is 0 Å². The zero-order valence-electron chi connectivity index (χ0n) is 17.7. The van der Waals surface area contributed by atoms with Crippen LogP contribution < -0.4 is 0 Å². The molecule has 0 saturated heterocycles. The first-order valence-electron chi connectivity index (χ1n) is 10.3. The van der Waals surface area contributed by atoms with E-state index in [1.54, 1.807) is 12.4 Å². The van der Waals surface area contributed by atoms with Crippen molar-refractivity contribution in [3.05, 3.63) is 119 Å². The monoisotopic (exact) mass is 404 g/mol. The van der Waals surface area contributed by atoms with Crippen LogP contribution in [-0.4, -0.2) is 22.4 Å². The van der Waals surface area contributed by atoms with Gasteiger partial charge in [0, 0.05) is 11.4 Å². The van der Waals surface area contributed by atoms with Crippen molar-refractivity contribution in [1.82, 2.24) is 9.97 Å². The molecular weight excluding hydrogens is 380 g/mol. The fourth-order valence-corrected chi connectivity index (χ4v) is 3.28. The minimum Gasteiger partial charge on any atom is -0.255 e. The number of rotatable bonds is 6. The Morgan fingerprint density at radius 1 is 0.613 bits per heavy atom. The minimum absolute atomic E-state index is 0.818. The van der Waals surface area contributed by atoms with Crippen LogP contribution in [0.2, 0.25) is 0 Å². The second kappa shape index (κ2) is 9.72. The van der Waals surface area contributed by atoms with Gasteiger partial charge in [0.2, 0.25) is 0 Å². The first-order chi connectivity index (χ1) is 15.1. The molecule has 0 aliphatic rings. The van der Waals surface area contributed by atoms with Crippen molar-refractivity contribution in [2.75, 3.05) is 0 Å².